The highest BCUT2D eigenvalue weighted by Gasteiger charge is 2.03. The molecule has 0 aromatic carbocycles. The average Bonchev–Trinajstić information content (AvgIpc) is 2.40. The van der Waals surface area contributed by atoms with Gasteiger partial charge < -0.3 is 33.1 Å². The van der Waals surface area contributed by atoms with Crippen LogP contribution in [0, 0.1) is 0 Å². The maximum Gasteiger partial charge on any atom is 0.394 e. The first-order chi connectivity index (χ1) is 11.2. The number of H-pyrrole nitrogens is 2. The number of nitrogens with one attached hydrogen (secondary N) is 2. The summed E-state index contributed by atoms with van der Waals surface area (Å²) >= 11 is 0. The minimum Gasteiger partial charge on any atom is -0.500 e. The number of hydrogen-bond donors (Lipinski definition) is 10. The van der Waals surface area contributed by atoms with Crippen molar-refractivity contribution >= 4 is 33.9 Å². The van der Waals surface area contributed by atoms with Gasteiger partial charge in [0, 0.05) is 0 Å². The minimum absolute atomic E-state index is 0.111. The van der Waals surface area contributed by atoms with Crippen LogP contribution in [0.1, 0.15) is 0 Å². The third-order valence-corrected chi connectivity index (χ3v) is 1.88. The summed E-state index contributed by atoms with van der Waals surface area (Å²) in [5.74, 6) is -1.95. The van der Waals surface area contributed by atoms with Gasteiger partial charge in [0.05, 0.1) is 0 Å². The lowest BCUT2D eigenvalue weighted by molar-refractivity contribution is 0.381. The Hall–Kier alpha value is -3.57. The van der Waals surface area contributed by atoms with Crippen LogP contribution in [0.4, 0.5) is 23.5 Å². The van der Waals surface area contributed by atoms with Crippen LogP contribution in [0.15, 0.2) is 9.59 Å². The predicted molar refractivity (Wildman–Crippen MR) is 84.9 cm³/mol. The molecule has 140 valence electrons. The molecule has 0 amide bonds. The third-order valence-electron chi connectivity index (χ3n) is 1.88. The van der Waals surface area contributed by atoms with E-state index < -0.39 is 33.0 Å². The quantitative estimate of drug-likeness (QED) is 0.199. The van der Waals surface area contributed by atoms with Gasteiger partial charge in [0.1, 0.15) is 0 Å². The van der Waals surface area contributed by atoms with Crippen molar-refractivity contribution in [1.82, 2.24) is 19.9 Å². The van der Waals surface area contributed by atoms with Gasteiger partial charge >= 0.3 is 10.4 Å². The standard InChI is InChI=1S/2C4H6N4O2.H2O4S/c2*5-2-1(9)3(10)8-4(6)7-2;1-5(2,3)4/h2*9H,(H5,5,6,7,8,10);(H2,1,2,3,4). The monoisotopic (exact) mass is 382 g/mol. The molecule has 17 heteroatoms. The van der Waals surface area contributed by atoms with Crippen molar-refractivity contribution in [3.8, 4) is 11.5 Å². The number of aromatic nitrogens is 4. The van der Waals surface area contributed by atoms with Gasteiger partial charge in [-0.3, -0.25) is 28.7 Å². The van der Waals surface area contributed by atoms with Gasteiger partial charge in [-0.2, -0.15) is 18.4 Å². The number of rotatable bonds is 0. The first-order valence-corrected chi connectivity index (χ1v) is 7.00. The molecular weight excluding hydrogens is 368 g/mol. The number of aromatic hydroxyl groups is 2. The minimum atomic E-state index is -4.67. The van der Waals surface area contributed by atoms with Crippen LogP contribution in [0.5, 0.6) is 11.5 Å². The predicted octanol–water partition coefficient (Wildman–Crippen LogP) is -3.37. The first kappa shape index (κ1) is 21.4. The van der Waals surface area contributed by atoms with Crippen molar-refractivity contribution in [1.29, 1.82) is 0 Å². The van der Waals surface area contributed by atoms with Crippen LogP contribution >= 0.6 is 0 Å². The fourth-order valence-electron chi connectivity index (χ4n) is 1.01. The Morgan fingerprint density at radius 2 is 1.00 bits per heavy atom. The van der Waals surface area contributed by atoms with Crippen molar-refractivity contribution in [2.45, 2.75) is 0 Å². The van der Waals surface area contributed by atoms with Gasteiger partial charge in [0.2, 0.25) is 23.4 Å². The van der Waals surface area contributed by atoms with E-state index in [2.05, 4.69) is 19.9 Å². The van der Waals surface area contributed by atoms with Gasteiger partial charge in [-0.15, -0.1) is 0 Å². The Morgan fingerprint density at radius 1 is 0.760 bits per heavy atom. The molecule has 0 aliphatic carbocycles. The molecule has 0 bridgehead atoms. The molecule has 0 spiro atoms. The Bertz CT molecular complexity index is 880. The molecule has 0 saturated heterocycles. The summed E-state index contributed by atoms with van der Waals surface area (Å²) in [6.07, 6.45) is 0. The van der Waals surface area contributed by atoms with Crippen molar-refractivity contribution in [3.63, 3.8) is 0 Å². The molecule has 0 unspecified atom stereocenters. The number of anilines is 4. The molecule has 25 heavy (non-hydrogen) atoms. The molecule has 2 heterocycles. The lowest BCUT2D eigenvalue weighted by Crippen LogP contribution is -2.12. The molecule has 2 rings (SSSR count). The Balaban J connectivity index is 0.000000368. The van der Waals surface area contributed by atoms with Gasteiger partial charge in [-0.25, -0.2) is 0 Å². The molecule has 0 aliphatic heterocycles. The van der Waals surface area contributed by atoms with Crippen molar-refractivity contribution in [2.24, 2.45) is 0 Å². The van der Waals surface area contributed by atoms with Crippen LogP contribution < -0.4 is 34.1 Å². The van der Waals surface area contributed by atoms with Crippen LogP contribution in [-0.4, -0.2) is 47.7 Å². The topological polar surface area (TPSA) is 311 Å². The van der Waals surface area contributed by atoms with Crippen LogP contribution in [0.3, 0.4) is 0 Å². The number of nitrogen functional groups attached to an aromatic ring is 4. The van der Waals surface area contributed by atoms with E-state index in [1.54, 1.807) is 0 Å². The van der Waals surface area contributed by atoms with E-state index >= 15 is 0 Å². The molecule has 0 aliphatic rings. The Labute approximate surface area is 137 Å². The second-order valence-electron chi connectivity index (χ2n) is 3.82. The Morgan fingerprint density at radius 3 is 1.20 bits per heavy atom. The zero-order valence-electron chi connectivity index (χ0n) is 12.0. The molecule has 0 fully saturated rings. The highest BCUT2D eigenvalue weighted by Crippen LogP contribution is 2.09. The van der Waals surface area contributed by atoms with Crippen LogP contribution in [-0.2, 0) is 10.4 Å². The smallest absolute Gasteiger partial charge is 0.394 e. The molecule has 16 nitrogen and oxygen atoms in total. The summed E-state index contributed by atoms with van der Waals surface area (Å²) < 4.78 is 31.6. The fraction of sp³-hybridized carbons (Fsp3) is 0. The summed E-state index contributed by atoms with van der Waals surface area (Å²) in [7, 11) is -4.67. The van der Waals surface area contributed by atoms with Crippen molar-refractivity contribution in [3.05, 3.63) is 20.7 Å². The SMILES string of the molecule is Nc1nc(N)c(O)c(=O)[nH]1.Nc1nc(N)c(O)c(=O)[nH]1.O=S(=O)(O)O. The summed E-state index contributed by atoms with van der Waals surface area (Å²) in [5.41, 5.74) is 18.8. The van der Waals surface area contributed by atoms with E-state index in [0.717, 1.165) is 0 Å². The lowest BCUT2D eigenvalue weighted by Gasteiger charge is -1.95. The van der Waals surface area contributed by atoms with E-state index in [9.17, 15) is 9.59 Å². The van der Waals surface area contributed by atoms with Crippen LogP contribution in [0.25, 0.3) is 0 Å². The normalized spacial score (nSPS) is 10.0. The second-order valence-corrected chi connectivity index (χ2v) is 4.71. The van der Waals surface area contributed by atoms with Crippen molar-refractivity contribution < 1.29 is 27.7 Å². The highest BCUT2D eigenvalue weighted by molar-refractivity contribution is 7.79. The van der Waals surface area contributed by atoms with Gasteiger partial charge in [-0.1, -0.05) is 0 Å². The molecule has 2 aromatic rings. The lowest BCUT2D eigenvalue weighted by atomic mass is 10.5. The Kier molecular flexibility index (Phi) is 7.14. The number of nitrogens with two attached hydrogens (primary N) is 4. The number of nitrogens with zero attached hydrogens (tertiary/aromatic N) is 2. The second kappa shape index (κ2) is 8.33. The maximum absolute atomic E-state index is 10.6. The number of hydrogen-bond acceptors (Lipinski definition) is 12. The first-order valence-electron chi connectivity index (χ1n) is 5.60. The molecule has 0 saturated carbocycles. The van der Waals surface area contributed by atoms with Gasteiger partial charge in [0.15, 0.2) is 11.6 Å². The van der Waals surface area contributed by atoms with Crippen molar-refractivity contribution in [2.75, 3.05) is 22.9 Å². The zero-order chi connectivity index (χ0) is 19.9. The summed E-state index contributed by atoms with van der Waals surface area (Å²) in [4.78, 5) is 32.0. The largest absolute Gasteiger partial charge is 0.500 e. The maximum atomic E-state index is 10.6. The summed E-state index contributed by atoms with van der Waals surface area (Å²) in [6.45, 7) is 0. The molecule has 2 aromatic heterocycles. The molecule has 0 atom stereocenters. The number of aromatic amines is 2. The van der Waals surface area contributed by atoms with Gasteiger partial charge in [0.25, 0.3) is 11.1 Å². The molecular formula is C8H14N8O8S. The zero-order valence-corrected chi connectivity index (χ0v) is 12.9. The van der Waals surface area contributed by atoms with E-state index in [1.807, 2.05) is 0 Å². The third kappa shape index (κ3) is 8.59. The molecule has 0 radical (unpaired) electrons. The van der Waals surface area contributed by atoms with Gasteiger partial charge in [-0.05, 0) is 0 Å². The summed E-state index contributed by atoms with van der Waals surface area (Å²) in [6, 6.07) is 0. The molecule has 14 N–H and O–H groups in total. The van der Waals surface area contributed by atoms with E-state index in [0.29, 0.717) is 0 Å². The fourth-order valence-corrected chi connectivity index (χ4v) is 1.01. The van der Waals surface area contributed by atoms with E-state index in [-0.39, 0.29) is 23.5 Å². The van der Waals surface area contributed by atoms with Crippen LogP contribution in [0.2, 0.25) is 0 Å². The highest BCUT2D eigenvalue weighted by atomic mass is 32.3. The summed E-state index contributed by atoms with van der Waals surface area (Å²) in [5, 5.41) is 17.5. The van der Waals surface area contributed by atoms with E-state index in [4.69, 9.17) is 50.7 Å². The average molecular weight is 382 g/mol. The van der Waals surface area contributed by atoms with E-state index in [1.165, 1.54) is 0 Å².